The molecule has 0 unspecified atom stereocenters. The minimum atomic E-state index is 0.456. The lowest BCUT2D eigenvalue weighted by Gasteiger charge is -2.26. The van der Waals surface area contributed by atoms with Crippen molar-refractivity contribution in [2.24, 2.45) is 0 Å². The lowest BCUT2D eigenvalue weighted by molar-refractivity contribution is 0.0374. The highest BCUT2D eigenvalue weighted by molar-refractivity contribution is 14.1. The van der Waals surface area contributed by atoms with Gasteiger partial charge in [-0.25, -0.2) is 0 Å². The summed E-state index contributed by atoms with van der Waals surface area (Å²) in [6.07, 6.45) is 2.03. The molecule has 0 aliphatic carbocycles. The molecule has 1 saturated heterocycles. The Balaban J connectivity index is 1.86. The van der Waals surface area contributed by atoms with E-state index in [2.05, 4.69) is 56.1 Å². The molecule has 1 heterocycles. The summed E-state index contributed by atoms with van der Waals surface area (Å²) in [6.45, 7) is 4.87. The Bertz CT molecular complexity index is 406. The Labute approximate surface area is 135 Å². The predicted molar refractivity (Wildman–Crippen MR) is 89.1 cm³/mol. The first-order valence-electron chi connectivity index (χ1n) is 6.14. The number of hydrogen-bond acceptors (Lipinski definition) is 3. The number of aromatic hydroxyl groups is 1. The largest absolute Gasteiger partial charge is 0.507 e. The first-order chi connectivity index (χ1) is 8.66. The van der Waals surface area contributed by atoms with E-state index in [1.54, 1.807) is 0 Å². The summed E-state index contributed by atoms with van der Waals surface area (Å²) in [5, 5.41) is 10.0. The maximum absolute atomic E-state index is 10.0. The summed E-state index contributed by atoms with van der Waals surface area (Å²) < 4.78 is 7.47. The summed E-state index contributed by atoms with van der Waals surface area (Å²) in [4.78, 5) is 2.43. The average molecular weight is 473 g/mol. The smallest absolute Gasteiger partial charge is 0.132 e. The van der Waals surface area contributed by atoms with E-state index in [9.17, 15) is 5.11 Å². The molecule has 100 valence electrons. The summed E-state index contributed by atoms with van der Waals surface area (Å²) in [6, 6.07) is 4.08. The molecule has 0 radical (unpaired) electrons. The van der Waals surface area contributed by atoms with Gasteiger partial charge in [-0.1, -0.05) is 0 Å². The maximum atomic E-state index is 10.0. The SMILES string of the molecule is Oc1c(I)cc(I)cc1CCCN1CCOCC1. The molecule has 0 saturated carbocycles. The number of morpholine rings is 1. The molecule has 0 bridgehead atoms. The van der Waals surface area contributed by atoms with Crippen molar-refractivity contribution in [2.45, 2.75) is 12.8 Å². The zero-order valence-electron chi connectivity index (χ0n) is 10.2. The average Bonchev–Trinajstić information content (AvgIpc) is 2.36. The number of hydrogen-bond donors (Lipinski definition) is 1. The van der Waals surface area contributed by atoms with Crippen molar-refractivity contribution in [2.75, 3.05) is 32.8 Å². The van der Waals surface area contributed by atoms with E-state index in [4.69, 9.17) is 4.74 Å². The number of aryl methyl sites for hydroxylation is 1. The van der Waals surface area contributed by atoms with Crippen LogP contribution in [-0.2, 0) is 11.2 Å². The normalized spacial score (nSPS) is 17.0. The minimum absolute atomic E-state index is 0.456. The van der Waals surface area contributed by atoms with Crippen LogP contribution in [0.25, 0.3) is 0 Å². The first-order valence-corrected chi connectivity index (χ1v) is 8.29. The summed E-state index contributed by atoms with van der Waals surface area (Å²) in [5.41, 5.74) is 1.07. The second-order valence-corrected chi connectivity index (χ2v) is 6.86. The number of phenols is 1. The Morgan fingerprint density at radius 2 is 1.94 bits per heavy atom. The van der Waals surface area contributed by atoms with Crippen LogP contribution in [0, 0.1) is 7.14 Å². The maximum Gasteiger partial charge on any atom is 0.132 e. The molecule has 1 aliphatic rings. The van der Waals surface area contributed by atoms with Crippen LogP contribution in [0.2, 0.25) is 0 Å². The second kappa shape index (κ2) is 7.25. The van der Waals surface area contributed by atoms with Gasteiger partial charge in [0.15, 0.2) is 0 Å². The molecule has 1 aromatic rings. The highest BCUT2D eigenvalue weighted by Crippen LogP contribution is 2.27. The first kappa shape index (κ1) is 14.8. The summed E-state index contributed by atoms with van der Waals surface area (Å²) >= 11 is 4.49. The van der Waals surface area contributed by atoms with Gasteiger partial charge in [-0.2, -0.15) is 0 Å². The fraction of sp³-hybridized carbons (Fsp3) is 0.538. The van der Waals surface area contributed by atoms with E-state index in [-0.39, 0.29) is 0 Å². The van der Waals surface area contributed by atoms with Crippen LogP contribution in [0.3, 0.4) is 0 Å². The minimum Gasteiger partial charge on any atom is -0.507 e. The van der Waals surface area contributed by atoms with Crippen molar-refractivity contribution < 1.29 is 9.84 Å². The van der Waals surface area contributed by atoms with Gasteiger partial charge in [0.05, 0.1) is 16.8 Å². The van der Waals surface area contributed by atoms with Crippen molar-refractivity contribution in [3.63, 3.8) is 0 Å². The van der Waals surface area contributed by atoms with Gasteiger partial charge in [0, 0.05) is 16.7 Å². The third-order valence-electron chi connectivity index (χ3n) is 3.13. The van der Waals surface area contributed by atoms with Gasteiger partial charge in [0.1, 0.15) is 5.75 Å². The summed E-state index contributed by atoms with van der Waals surface area (Å²) in [5.74, 6) is 0.456. The van der Waals surface area contributed by atoms with Crippen LogP contribution in [0.1, 0.15) is 12.0 Å². The molecule has 18 heavy (non-hydrogen) atoms. The summed E-state index contributed by atoms with van der Waals surface area (Å²) in [7, 11) is 0. The van der Waals surface area contributed by atoms with Crippen LogP contribution in [0.4, 0.5) is 0 Å². The highest BCUT2D eigenvalue weighted by Gasteiger charge is 2.11. The number of phenolic OH excluding ortho intramolecular Hbond substituents is 1. The van der Waals surface area contributed by atoms with Crippen LogP contribution < -0.4 is 0 Å². The topological polar surface area (TPSA) is 32.7 Å². The fourth-order valence-corrected chi connectivity index (χ4v) is 4.09. The third-order valence-corrected chi connectivity index (χ3v) is 4.58. The van der Waals surface area contributed by atoms with E-state index >= 15 is 0 Å². The van der Waals surface area contributed by atoms with Crippen molar-refractivity contribution in [3.05, 3.63) is 24.8 Å². The molecule has 0 spiro atoms. The monoisotopic (exact) mass is 473 g/mol. The molecule has 0 amide bonds. The van der Waals surface area contributed by atoms with Crippen LogP contribution in [-0.4, -0.2) is 42.9 Å². The lowest BCUT2D eigenvalue weighted by atomic mass is 10.1. The Kier molecular flexibility index (Phi) is 5.96. The van der Waals surface area contributed by atoms with E-state index < -0.39 is 0 Å². The van der Waals surface area contributed by atoms with Crippen molar-refractivity contribution in [1.82, 2.24) is 4.90 Å². The highest BCUT2D eigenvalue weighted by atomic mass is 127. The number of benzene rings is 1. The molecule has 1 aliphatic heterocycles. The van der Waals surface area contributed by atoms with Gasteiger partial charge < -0.3 is 9.84 Å². The van der Waals surface area contributed by atoms with E-state index in [1.807, 2.05) is 6.07 Å². The molecule has 1 fully saturated rings. The van der Waals surface area contributed by atoms with Crippen LogP contribution in [0.5, 0.6) is 5.75 Å². The van der Waals surface area contributed by atoms with Gasteiger partial charge in [0.25, 0.3) is 0 Å². The predicted octanol–water partition coefficient (Wildman–Crippen LogP) is 2.87. The van der Waals surface area contributed by atoms with E-state index in [1.165, 1.54) is 3.57 Å². The molecule has 1 N–H and O–H groups in total. The molecular weight excluding hydrogens is 456 g/mol. The molecule has 0 atom stereocenters. The Morgan fingerprint density at radius 3 is 2.67 bits per heavy atom. The van der Waals surface area contributed by atoms with E-state index in [0.29, 0.717) is 5.75 Å². The molecule has 1 aromatic carbocycles. The van der Waals surface area contributed by atoms with Crippen molar-refractivity contribution >= 4 is 45.2 Å². The number of nitrogens with zero attached hydrogens (tertiary/aromatic N) is 1. The lowest BCUT2D eigenvalue weighted by Crippen LogP contribution is -2.36. The Hall–Kier alpha value is 0.400. The van der Waals surface area contributed by atoms with Gasteiger partial charge >= 0.3 is 0 Å². The number of rotatable bonds is 4. The van der Waals surface area contributed by atoms with Gasteiger partial charge in [-0.05, 0) is 82.3 Å². The van der Waals surface area contributed by atoms with Crippen molar-refractivity contribution in [3.8, 4) is 5.75 Å². The molecule has 5 heteroatoms. The van der Waals surface area contributed by atoms with E-state index in [0.717, 1.165) is 54.8 Å². The number of ether oxygens (including phenoxy) is 1. The molecular formula is C13H17I2NO2. The fourth-order valence-electron chi connectivity index (χ4n) is 2.13. The molecule has 3 nitrogen and oxygen atoms in total. The van der Waals surface area contributed by atoms with Gasteiger partial charge in [-0.3, -0.25) is 4.90 Å². The molecule has 0 aromatic heterocycles. The standard InChI is InChI=1S/C13H17I2NO2/c14-11-8-10(13(17)12(15)9-11)2-1-3-16-4-6-18-7-5-16/h8-9,17H,1-7H2. The van der Waals surface area contributed by atoms with Crippen molar-refractivity contribution in [1.29, 1.82) is 0 Å². The quantitative estimate of drug-likeness (QED) is 0.684. The third kappa shape index (κ3) is 4.21. The number of halogens is 2. The van der Waals surface area contributed by atoms with Crippen LogP contribution in [0.15, 0.2) is 12.1 Å². The van der Waals surface area contributed by atoms with Gasteiger partial charge in [0.2, 0.25) is 0 Å². The zero-order valence-corrected chi connectivity index (χ0v) is 14.5. The zero-order chi connectivity index (χ0) is 13.0. The molecule has 2 rings (SSSR count). The van der Waals surface area contributed by atoms with Gasteiger partial charge in [-0.15, -0.1) is 0 Å². The second-order valence-electron chi connectivity index (χ2n) is 4.45. The van der Waals surface area contributed by atoms with Crippen LogP contribution >= 0.6 is 45.2 Å². The Morgan fingerprint density at radius 1 is 1.22 bits per heavy atom.